The Hall–Kier alpha value is -1.90. The molecule has 0 saturated carbocycles. The van der Waals surface area contributed by atoms with E-state index in [9.17, 15) is 18.0 Å². The van der Waals surface area contributed by atoms with Gasteiger partial charge in [0.25, 0.3) is 5.91 Å². The van der Waals surface area contributed by atoms with Gasteiger partial charge in [0, 0.05) is 13.1 Å². The lowest BCUT2D eigenvalue weighted by atomic mass is 9.98. The highest BCUT2D eigenvalue weighted by Gasteiger charge is 2.39. The van der Waals surface area contributed by atoms with E-state index in [1.807, 2.05) is 5.38 Å². The first-order valence-corrected chi connectivity index (χ1v) is 7.56. The molecule has 3 rings (SSSR count). The van der Waals surface area contributed by atoms with Gasteiger partial charge in [-0.15, -0.1) is 21.5 Å². The number of carbonyl (C=O) groups is 1. The fourth-order valence-electron chi connectivity index (χ4n) is 2.43. The van der Waals surface area contributed by atoms with E-state index in [1.54, 1.807) is 17.0 Å². The Bertz CT molecular complexity index is 654. The summed E-state index contributed by atoms with van der Waals surface area (Å²) in [5, 5.41) is 8.34. The van der Waals surface area contributed by atoms with Gasteiger partial charge in [0.2, 0.25) is 5.89 Å². The van der Waals surface area contributed by atoms with Crippen LogP contribution in [0.25, 0.3) is 0 Å². The number of halogens is 3. The third kappa shape index (κ3) is 2.99. The normalized spacial score (nSPS) is 19.4. The number of alkyl halides is 3. The quantitative estimate of drug-likeness (QED) is 0.848. The van der Waals surface area contributed by atoms with Crippen LogP contribution in [-0.4, -0.2) is 34.1 Å². The maximum atomic E-state index is 12.5. The summed E-state index contributed by atoms with van der Waals surface area (Å²) in [6, 6.07) is 3.51. The summed E-state index contributed by atoms with van der Waals surface area (Å²) in [7, 11) is 0. The molecule has 0 aromatic carbocycles. The van der Waals surface area contributed by atoms with Crippen LogP contribution in [-0.2, 0) is 6.18 Å². The average molecular weight is 331 g/mol. The number of piperidine rings is 1. The second kappa shape index (κ2) is 5.71. The average Bonchev–Trinajstić information content (AvgIpc) is 3.17. The number of likely N-dealkylation sites (tertiary alicyclic amines) is 1. The highest BCUT2D eigenvalue weighted by atomic mass is 32.1. The fraction of sp³-hybridized carbons (Fsp3) is 0.462. The van der Waals surface area contributed by atoms with Gasteiger partial charge in [0.05, 0.1) is 10.8 Å². The Labute approximate surface area is 127 Å². The predicted molar refractivity (Wildman–Crippen MR) is 71.5 cm³/mol. The van der Waals surface area contributed by atoms with Crippen LogP contribution in [0.4, 0.5) is 13.2 Å². The smallest absolute Gasteiger partial charge is 0.417 e. The molecule has 1 atom stereocenters. The van der Waals surface area contributed by atoms with Crippen molar-refractivity contribution in [1.82, 2.24) is 15.1 Å². The summed E-state index contributed by atoms with van der Waals surface area (Å²) in [6.45, 7) is 0.865. The van der Waals surface area contributed by atoms with Crippen LogP contribution >= 0.6 is 11.3 Å². The lowest BCUT2D eigenvalue weighted by Gasteiger charge is -2.30. The summed E-state index contributed by atoms with van der Waals surface area (Å²) in [5.41, 5.74) is 0. The topological polar surface area (TPSA) is 59.2 Å². The van der Waals surface area contributed by atoms with Gasteiger partial charge >= 0.3 is 12.1 Å². The van der Waals surface area contributed by atoms with Crippen LogP contribution in [0.5, 0.6) is 0 Å². The minimum Gasteiger partial charge on any atom is -0.417 e. The van der Waals surface area contributed by atoms with E-state index in [4.69, 9.17) is 4.42 Å². The van der Waals surface area contributed by atoms with Crippen molar-refractivity contribution in [3.8, 4) is 0 Å². The zero-order valence-electron chi connectivity index (χ0n) is 11.3. The number of thiophene rings is 1. The van der Waals surface area contributed by atoms with Crippen molar-refractivity contribution < 1.29 is 22.4 Å². The highest BCUT2D eigenvalue weighted by Crippen LogP contribution is 2.32. The van der Waals surface area contributed by atoms with Crippen LogP contribution < -0.4 is 0 Å². The number of aromatic nitrogens is 2. The van der Waals surface area contributed by atoms with Crippen molar-refractivity contribution in [2.24, 2.45) is 0 Å². The summed E-state index contributed by atoms with van der Waals surface area (Å²) < 4.78 is 42.2. The van der Waals surface area contributed by atoms with Gasteiger partial charge in [0.15, 0.2) is 0 Å². The molecule has 0 spiro atoms. The van der Waals surface area contributed by atoms with Crippen LogP contribution in [0, 0.1) is 0 Å². The van der Waals surface area contributed by atoms with Gasteiger partial charge in [-0.05, 0) is 24.3 Å². The number of hydrogen-bond acceptors (Lipinski definition) is 5. The van der Waals surface area contributed by atoms with E-state index >= 15 is 0 Å². The first-order valence-electron chi connectivity index (χ1n) is 6.68. The molecule has 2 aromatic rings. The van der Waals surface area contributed by atoms with Crippen molar-refractivity contribution >= 4 is 17.2 Å². The zero-order valence-corrected chi connectivity index (χ0v) is 12.2. The molecule has 1 amide bonds. The van der Waals surface area contributed by atoms with Crippen molar-refractivity contribution in [3.63, 3.8) is 0 Å². The molecular weight excluding hydrogens is 319 g/mol. The van der Waals surface area contributed by atoms with E-state index in [1.165, 1.54) is 11.3 Å². The second-order valence-electron chi connectivity index (χ2n) is 5.01. The predicted octanol–water partition coefficient (Wildman–Crippen LogP) is 3.17. The van der Waals surface area contributed by atoms with E-state index in [0.717, 1.165) is 0 Å². The standard InChI is InChI=1S/C13H12F3N3O2S/c14-13(15,16)12-18-17-10(21-12)8-3-1-5-19(7-8)11(20)9-4-2-6-22-9/h2,4,6,8H,1,3,5,7H2. The highest BCUT2D eigenvalue weighted by molar-refractivity contribution is 7.12. The van der Waals surface area contributed by atoms with E-state index in [-0.39, 0.29) is 24.3 Å². The Morgan fingerprint density at radius 2 is 2.23 bits per heavy atom. The van der Waals surface area contributed by atoms with Gasteiger partial charge in [-0.1, -0.05) is 6.07 Å². The maximum Gasteiger partial charge on any atom is 0.470 e. The van der Waals surface area contributed by atoms with Crippen LogP contribution in [0.3, 0.4) is 0 Å². The molecule has 1 aliphatic heterocycles. The molecule has 22 heavy (non-hydrogen) atoms. The molecule has 118 valence electrons. The Morgan fingerprint density at radius 3 is 2.86 bits per heavy atom. The van der Waals surface area contributed by atoms with Crippen LogP contribution in [0.2, 0.25) is 0 Å². The van der Waals surface area contributed by atoms with E-state index < -0.39 is 12.1 Å². The van der Waals surface area contributed by atoms with Crippen molar-refractivity contribution in [2.75, 3.05) is 13.1 Å². The summed E-state index contributed by atoms with van der Waals surface area (Å²) in [4.78, 5) is 14.5. The van der Waals surface area contributed by atoms with Gasteiger partial charge in [-0.25, -0.2) is 0 Å². The second-order valence-corrected chi connectivity index (χ2v) is 5.96. The first-order chi connectivity index (χ1) is 10.4. The Balaban J connectivity index is 1.73. The monoisotopic (exact) mass is 331 g/mol. The molecule has 0 N–H and O–H groups in total. The molecule has 0 radical (unpaired) electrons. The minimum atomic E-state index is -4.65. The minimum absolute atomic E-state index is 0.0593. The molecule has 1 aliphatic rings. The molecule has 1 fully saturated rings. The molecule has 9 heteroatoms. The Morgan fingerprint density at radius 1 is 1.41 bits per heavy atom. The molecule has 2 aromatic heterocycles. The fourth-order valence-corrected chi connectivity index (χ4v) is 3.12. The summed E-state index contributed by atoms with van der Waals surface area (Å²) in [5.74, 6) is -1.88. The molecule has 3 heterocycles. The number of carbonyl (C=O) groups excluding carboxylic acids is 1. The summed E-state index contributed by atoms with van der Waals surface area (Å²) >= 11 is 1.34. The van der Waals surface area contributed by atoms with Crippen molar-refractivity contribution in [1.29, 1.82) is 0 Å². The first kappa shape index (κ1) is 15.0. The Kier molecular flexibility index (Phi) is 3.90. The van der Waals surface area contributed by atoms with Gasteiger partial charge < -0.3 is 9.32 Å². The molecule has 0 aliphatic carbocycles. The number of amides is 1. The van der Waals surface area contributed by atoms with E-state index in [2.05, 4.69) is 10.2 Å². The molecule has 0 bridgehead atoms. The molecule has 5 nitrogen and oxygen atoms in total. The third-order valence-electron chi connectivity index (χ3n) is 3.47. The molecule has 1 unspecified atom stereocenters. The lowest BCUT2D eigenvalue weighted by molar-refractivity contribution is -0.157. The third-order valence-corrected chi connectivity index (χ3v) is 4.33. The lowest BCUT2D eigenvalue weighted by Crippen LogP contribution is -2.38. The number of nitrogens with zero attached hydrogens (tertiary/aromatic N) is 3. The molecular formula is C13H12F3N3O2S. The van der Waals surface area contributed by atoms with Crippen molar-refractivity contribution in [2.45, 2.75) is 24.9 Å². The summed E-state index contributed by atoms with van der Waals surface area (Å²) in [6.07, 6.45) is -3.34. The number of hydrogen-bond donors (Lipinski definition) is 0. The maximum absolute atomic E-state index is 12.5. The van der Waals surface area contributed by atoms with Gasteiger partial charge in [-0.2, -0.15) is 13.2 Å². The van der Waals surface area contributed by atoms with Crippen molar-refractivity contribution in [3.05, 3.63) is 34.2 Å². The van der Waals surface area contributed by atoms with Crippen LogP contribution in [0.1, 0.15) is 40.2 Å². The largest absolute Gasteiger partial charge is 0.470 e. The van der Waals surface area contributed by atoms with Gasteiger partial charge in [-0.3, -0.25) is 4.79 Å². The van der Waals surface area contributed by atoms with Crippen LogP contribution in [0.15, 0.2) is 21.9 Å². The van der Waals surface area contributed by atoms with E-state index in [0.29, 0.717) is 24.3 Å². The molecule has 1 saturated heterocycles. The van der Waals surface area contributed by atoms with Gasteiger partial charge in [0.1, 0.15) is 0 Å². The zero-order chi connectivity index (χ0) is 15.7. The number of rotatable bonds is 2. The SMILES string of the molecule is O=C(c1cccs1)N1CCCC(c2nnc(C(F)(F)F)o2)C1.